The van der Waals surface area contributed by atoms with Gasteiger partial charge in [-0.05, 0) is 25.8 Å². The van der Waals surface area contributed by atoms with Crippen molar-refractivity contribution in [2.45, 2.75) is 38.3 Å². The van der Waals surface area contributed by atoms with Crippen molar-refractivity contribution in [1.29, 1.82) is 0 Å². The fourth-order valence-electron chi connectivity index (χ4n) is 2.71. The van der Waals surface area contributed by atoms with Crippen LogP contribution in [0.25, 0.3) is 0 Å². The SMILES string of the molecule is O=C(O)C1CCc2nnc(C3CCCN3)n2C1. The summed E-state index contributed by atoms with van der Waals surface area (Å²) in [5.74, 6) is 0.850. The number of carboxylic acids is 1. The zero-order chi connectivity index (χ0) is 11.8. The van der Waals surface area contributed by atoms with Gasteiger partial charge in [0.1, 0.15) is 11.6 Å². The van der Waals surface area contributed by atoms with Gasteiger partial charge in [0.2, 0.25) is 0 Å². The first-order chi connectivity index (χ1) is 8.25. The number of fused-ring (bicyclic) bond motifs is 1. The van der Waals surface area contributed by atoms with Gasteiger partial charge in [0, 0.05) is 13.0 Å². The van der Waals surface area contributed by atoms with Crippen molar-refractivity contribution < 1.29 is 9.90 Å². The Kier molecular flexibility index (Phi) is 2.58. The second kappa shape index (κ2) is 4.10. The summed E-state index contributed by atoms with van der Waals surface area (Å²) in [7, 11) is 0. The third-order valence-corrected chi connectivity index (χ3v) is 3.70. The molecule has 3 heterocycles. The standard InChI is InChI=1S/C11H16N4O2/c16-11(17)7-3-4-9-13-14-10(15(9)6-7)8-2-1-5-12-8/h7-8,12H,1-6H2,(H,16,17). The number of hydrogen-bond acceptors (Lipinski definition) is 4. The molecule has 1 aromatic heterocycles. The molecule has 0 aliphatic carbocycles. The average Bonchev–Trinajstić information content (AvgIpc) is 2.96. The van der Waals surface area contributed by atoms with E-state index < -0.39 is 5.97 Å². The van der Waals surface area contributed by atoms with Crippen molar-refractivity contribution in [3.63, 3.8) is 0 Å². The van der Waals surface area contributed by atoms with Crippen LogP contribution in [0.2, 0.25) is 0 Å². The van der Waals surface area contributed by atoms with Crippen LogP contribution in [0.1, 0.15) is 37.0 Å². The predicted molar refractivity (Wildman–Crippen MR) is 59.4 cm³/mol. The second-order valence-electron chi connectivity index (χ2n) is 4.81. The van der Waals surface area contributed by atoms with Gasteiger partial charge in [-0.2, -0.15) is 0 Å². The molecule has 2 atom stereocenters. The summed E-state index contributed by atoms with van der Waals surface area (Å²) in [6, 6.07) is 0.254. The topological polar surface area (TPSA) is 80.0 Å². The molecule has 1 fully saturated rings. The number of aliphatic carboxylic acids is 1. The molecule has 0 aromatic carbocycles. The summed E-state index contributed by atoms with van der Waals surface area (Å²) in [4.78, 5) is 11.0. The third-order valence-electron chi connectivity index (χ3n) is 3.70. The highest BCUT2D eigenvalue weighted by atomic mass is 16.4. The minimum atomic E-state index is -0.713. The first-order valence-electron chi connectivity index (χ1n) is 6.14. The van der Waals surface area contributed by atoms with Crippen LogP contribution in [-0.4, -0.2) is 32.4 Å². The van der Waals surface area contributed by atoms with E-state index in [4.69, 9.17) is 5.11 Å². The Morgan fingerprint density at radius 2 is 2.29 bits per heavy atom. The van der Waals surface area contributed by atoms with E-state index in [9.17, 15) is 4.79 Å². The molecule has 2 aliphatic rings. The minimum absolute atomic E-state index is 0.254. The third kappa shape index (κ3) is 1.82. The fourth-order valence-corrected chi connectivity index (χ4v) is 2.71. The van der Waals surface area contributed by atoms with Gasteiger partial charge in [-0.1, -0.05) is 0 Å². The van der Waals surface area contributed by atoms with Crippen LogP contribution in [0.15, 0.2) is 0 Å². The van der Waals surface area contributed by atoms with Crippen LogP contribution >= 0.6 is 0 Å². The summed E-state index contributed by atoms with van der Waals surface area (Å²) in [5.41, 5.74) is 0. The first-order valence-corrected chi connectivity index (χ1v) is 6.14. The average molecular weight is 236 g/mol. The molecule has 0 amide bonds. The van der Waals surface area contributed by atoms with E-state index in [-0.39, 0.29) is 12.0 Å². The molecule has 0 radical (unpaired) electrons. The molecule has 1 saturated heterocycles. The Bertz CT molecular complexity index is 437. The van der Waals surface area contributed by atoms with Crippen LogP contribution in [0.4, 0.5) is 0 Å². The van der Waals surface area contributed by atoms with Crippen molar-refractivity contribution in [2.24, 2.45) is 5.92 Å². The van der Waals surface area contributed by atoms with E-state index in [0.717, 1.165) is 37.5 Å². The van der Waals surface area contributed by atoms with Crippen LogP contribution in [0.3, 0.4) is 0 Å². The van der Waals surface area contributed by atoms with E-state index in [2.05, 4.69) is 15.5 Å². The summed E-state index contributed by atoms with van der Waals surface area (Å²) in [6.07, 6.45) is 3.60. The lowest BCUT2D eigenvalue weighted by atomic mass is 9.99. The summed E-state index contributed by atoms with van der Waals surface area (Å²) in [5, 5.41) is 20.9. The second-order valence-corrected chi connectivity index (χ2v) is 4.81. The lowest BCUT2D eigenvalue weighted by Crippen LogP contribution is -2.29. The number of nitrogens with one attached hydrogen (secondary N) is 1. The normalized spacial score (nSPS) is 28.0. The van der Waals surface area contributed by atoms with Gasteiger partial charge in [0.25, 0.3) is 0 Å². The van der Waals surface area contributed by atoms with Crippen molar-refractivity contribution in [2.75, 3.05) is 6.54 Å². The molecule has 0 saturated carbocycles. The zero-order valence-corrected chi connectivity index (χ0v) is 9.59. The van der Waals surface area contributed by atoms with Gasteiger partial charge in [-0.15, -0.1) is 10.2 Å². The Morgan fingerprint density at radius 1 is 1.41 bits per heavy atom. The largest absolute Gasteiger partial charge is 0.481 e. The number of aryl methyl sites for hydroxylation is 1. The van der Waals surface area contributed by atoms with Crippen molar-refractivity contribution in [3.8, 4) is 0 Å². The maximum absolute atomic E-state index is 11.0. The first kappa shape index (κ1) is 10.7. The molecule has 6 heteroatoms. The number of nitrogens with zero attached hydrogens (tertiary/aromatic N) is 3. The molecular weight excluding hydrogens is 220 g/mol. The molecule has 2 unspecified atom stereocenters. The smallest absolute Gasteiger partial charge is 0.308 e. The minimum Gasteiger partial charge on any atom is -0.481 e. The maximum Gasteiger partial charge on any atom is 0.308 e. The molecule has 92 valence electrons. The van der Waals surface area contributed by atoms with E-state index in [0.29, 0.717) is 13.0 Å². The van der Waals surface area contributed by atoms with Gasteiger partial charge in [0.15, 0.2) is 0 Å². The van der Waals surface area contributed by atoms with Gasteiger partial charge in [-0.25, -0.2) is 0 Å². The maximum atomic E-state index is 11.0. The zero-order valence-electron chi connectivity index (χ0n) is 9.59. The number of carboxylic acid groups (broad SMARTS) is 1. The molecule has 17 heavy (non-hydrogen) atoms. The molecule has 0 spiro atoms. The van der Waals surface area contributed by atoms with Crippen molar-refractivity contribution >= 4 is 5.97 Å². The monoisotopic (exact) mass is 236 g/mol. The summed E-state index contributed by atoms with van der Waals surface area (Å²) >= 11 is 0. The van der Waals surface area contributed by atoms with Gasteiger partial charge in [-0.3, -0.25) is 4.79 Å². The van der Waals surface area contributed by atoms with Gasteiger partial charge >= 0.3 is 5.97 Å². The lowest BCUT2D eigenvalue weighted by Gasteiger charge is -2.22. The Balaban J connectivity index is 1.88. The predicted octanol–water partition coefficient (Wildman–Crippen LogP) is 0.350. The van der Waals surface area contributed by atoms with Gasteiger partial charge < -0.3 is 15.0 Å². The van der Waals surface area contributed by atoms with E-state index in [1.54, 1.807) is 0 Å². The molecular formula is C11H16N4O2. The number of aromatic nitrogens is 3. The summed E-state index contributed by atoms with van der Waals surface area (Å²) in [6.45, 7) is 1.53. The Hall–Kier alpha value is -1.43. The quantitative estimate of drug-likeness (QED) is 0.774. The molecule has 2 aliphatic heterocycles. The molecule has 2 N–H and O–H groups in total. The number of carbonyl (C=O) groups is 1. The van der Waals surface area contributed by atoms with E-state index in [1.165, 1.54) is 0 Å². The highest BCUT2D eigenvalue weighted by molar-refractivity contribution is 5.70. The lowest BCUT2D eigenvalue weighted by molar-refractivity contribution is -0.142. The van der Waals surface area contributed by atoms with Crippen LogP contribution < -0.4 is 5.32 Å². The molecule has 1 aromatic rings. The number of rotatable bonds is 2. The Morgan fingerprint density at radius 3 is 3.00 bits per heavy atom. The highest BCUT2D eigenvalue weighted by Crippen LogP contribution is 2.26. The Labute approximate surface area is 99.0 Å². The highest BCUT2D eigenvalue weighted by Gasteiger charge is 2.30. The van der Waals surface area contributed by atoms with Crippen LogP contribution in [0, 0.1) is 5.92 Å². The van der Waals surface area contributed by atoms with Gasteiger partial charge in [0.05, 0.1) is 12.0 Å². The number of hydrogen-bond donors (Lipinski definition) is 2. The fraction of sp³-hybridized carbons (Fsp3) is 0.727. The molecule has 3 rings (SSSR count). The summed E-state index contributed by atoms with van der Waals surface area (Å²) < 4.78 is 2.01. The van der Waals surface area contributed by atoms with Crippen molar-refractivity contribution in [3.05, 3.63) is 11.6 Å². The molecule has 0 bridgehead atoms. The van der Waals surface area contributed by atoms with Crippen molar-refractivity contribution in [1.82, 2.24) is 20.1 Å². The molecule has 6 nitrogen and oxygen atoms in total. The van der Waals surface area contributed by atoms with E-state index in [1.807, 2.05) is 4.57 Å². The van der Waals surface area contributed by atoms with E-state index >= 15 is 0 Å². The van der Waals surface area contributed by atoms with Crippen LogP contribution in [0.5, 0.6) is 0 Å². The van der Waals surface area contributed by atoms with Crippen LogP contribution in [-0.2, 0) is 17.8 Å².